The van der Waals surface area contributed by atoms with Gasteiger partial charge in [0, 0.05) is 51.2 Å². The molecule has 0 N–H and O–H groups in total. The molecule has 1 heterocycles. The van der Waals surface area contributed by atoms with Gasteiger partial charge in [-0.25, -0.2) is 0 Å². The van der Waals surface area contributed by atoms with Crippen LogP contribution in [0.5, 0.6) is 0 Å². The van der Waals surface area contributed by atoms with E-state index in [2.05, 4.69) is 229 Å². The normalized spacial score (nSPS) is 17.8. The smallest absolute Gasteiger partial charge is 0.143 e. The summed E-state index contributed by atoms with van der Waals surface area (Å²) in [6, 6.07) is 66.6. The molecule has 3 atom stereocenters. The summed E-state index contributed by atoms with van der Waals surface area (Å²) >= 11 is 0. The fourth-order valence-corrected chi connectivity index (χ4v) is 10.9. The van der Waals surface area contributed by atoms with E-state index in [9.17, 15) is 0 Å². The summed E-state index contributed by atoms with van der Waals surface area (Å²) in [6.45, 7) is 0. The van der Waals surface area contributed by atoms with Crippen LogP contribution in [0, 0.1) is 5.92 Å². The molecule has 0 amide bonds. The molecule has 3 unspecified atom stereocenters. The zero-order valence-corrected chi connectivity index (χ0v) is 35.2. The minimum absolute atomic E-state index is 0.274. The van der Waals surface area contributed by atoms with Gasteiger partial charge in [-0.15, -0.1) is 0 Å². The van der Waals surface area contributed by atoms with Crippen LogP contribution in [0.2, 0.25) is 0 Å². The third-order valence-electron chi connectivity index (χ3n) is 14.0. The Balaban J connectivity index is 0.897. The number of allylic oxidation sites excluding steroid dienone is 8. The van der Waals surface area contributed by atoms with Crippen molar-refractivity contribution in [1.82, 2.24) is 0 Å². The van der Waals surface area contributed by atoms with E-state index in [0.717, 1.165) is 50.9 Å². The van der Waals surface area contributed by atoms with Gasteiger partial charge >= 0.3 is 0 Å². The van der Waals surface area contributed by atoms with Gasteiger partial charge < -0.3 is 9.32 Å². The minimum atomic E-state index is 0.274. The molecule has 0 saturated carbocycles. The van der Waals surface area contributed by atoms with E-state index in [4.69, 9.17) is 4.42 Å². The molecule has 9 aromatic carbocycles. The van der Waals surface area contributed by atoms with Crippen LogP contribution in [-0.4, -0.2) is 0 Å². The number of para-hydroxylation sites is 2. The first-order valence-electron chi connectivity index (χ1n) is 22.5. The summed E-state index contributed by atoms with van der Waals surface area (Å²) < 4.78 is 6.48. The number of fused-ring (bicyclic) bond motifs is 12. The Bertz CT molecular complexity index is 3620. The second-order valence-corrected chi connectivity index (χ2v) is 17.5. The molecule has 0 spiro atoms. The first-order chi connectivity index (χ1) is 31.7. The van der Waals surface area contributed by atoms with E-state index in [1.807, 2.05) is 6.07 Å². The molecule has 2 nitrogen and oxygen atoms in total. The molecule has 0 fully saturated rings. The molecular formula is C62H43NO. The van der Waals surface area contributed by atoms with Gasteiger partial charge in [-0.05, 0) is 109 Å². The summed E-state index contributed by atoms with van der Waals surface area (Å²) in [7, 11) is 0. The number of nitrogens with zero attached hydrogens (tertiary/aromatic N) is 1. The molecule has 3 aliphatic carbocycles. The second-order valence-electron chi connectivity index (χ2n) is 17.5. The Morgan fingerprint density at radius 2 is 1.12 bits per heavy atom. The van der Waals surface area contributed by atoms with Crippen LogP contribution in [0.3, 0.4) is 0 Å². The highest BCUT2D eigenvalue weighted by atomic mass is 16.3. The summed E-state index contributed by atoms with van der Waals surface area (Å²) in [4.78, 5) is 2.44. The number of furan rings is 1. The number of hydrogen-bond donors (Lipinski definition) is 0. The fourth-order valence-electron chi connectivity index (χ4n) is 10.9. The molecule has 0 radical (unpaired) electrons. The first kappa shape index (κ1) is 36.7. The lowest BCUT2D eigenvalue weighted by molar-refractivity contribution is 0.670. The minimum Gasteiger partial charge on any atom is -0.455 e. The van der Waals surface area contributed by atoms with E-state index in [1.54, 1.807) is 0 Å². The van der Waals surface area contributed by atoms with Crippen molar-refractivity contribution in [3.8, 4) is 11.1 Å². The Labute approximate surface area is 372 Å². The lowest BCUT2D eigenvalue weighted by Gasteiger charge is -2.34. The first-order valence-corrected chi connectivity index (χ1v) is 22.5. The highest BCUT2D eigenvalue weighted by molar-refractivity contribution is 6.25. The zero-order chi connectivity index (χ0) is 42.1. The monoisotopic (exact) mass is 817 g/mol. The van der Waals surface area contributed by atoms with Gasteiger partial charge in [-0.3, -0.25) is 0 Å². The maximum atomic E-state index is 6.48. The molecular weight excluding hydrogens is 775 g/mol. The van der Waals surface area contributed by atoms with Crippen molar-refractivity contribution in [2.75, 3.05) is 4.90 Å². The van der Waals surface area contributed by atoms with Crippen LogP contribution in [0.1, 0.15) is 40.5 Å². The van der Waals surface area contributed by atoms with Gasteiger partial charge in [0.1, 0.15) is 11.2 Å². The van der Waals surface area contributed by atoms with Gasteiger partial charge in [-0.2, -0.15) is 0 Å². The summed E-state index contributed by atoms with van der Waals surface area (Å²) in [5.74, 6) is 0.917. The van der Waals surface area contributed by atoms with E-state index in [1.165, 1.54) is 65.8 Å². The molecule has 0 bridgehead atoms. The number of benzene rings is 9. The average Bonchev–Trinajstić information content (AvgIpc) is 3.76. The van der Waals surface area contributed by atoms with Crippen LogP contribution >= 0.6 is 0 Å². The fraction of sp³-hybridized carbons (Fsp3) is 0.0645. The van der Waals surface area contributed by atoms with Crippen LogP contribution in [0.25, 0.3) is 77.0 Å². The zero-order valence-electron chi connectivity index (χ0n) is 35.2. The Kier molecular flexibility index (Phi) is 8.52. The Morgan fingerprint density at radius 1 is 0.469 bits per heavy atom. The molecule has 10 aromatic rings. The van der Waals surface area contributed by atoms with Gasteiger partial charge in [0.15, 0.2) is 0 Å². The van der Waals surface area contributed by atoms with Crippen LogP contribution < -0.4 is 4.90 Å². The highest BCUT2D eigenvalue weighted by Gasteiger charge is 2.31. The molecule has 64 heavy (non-hydrogen) atoms. The van der Waals surface area contributed by atoms with Crippen molar-refractivity contribution in [1.29, 1.82) is 0 Å². The Morgan fingerprint density at radius 3 is 1.88 bits per heavy atom. The standard InChI is InChI=1S/C62H43NO/c1-2-13-41(14-3-1)58-38-44-26-25-43(37-59(44)53-19-8-7-18-52(53)58)40-27-31-45(32-28-40)63(47-35-36-55-51-17-5-4-15-49(51)50-16-6-9-20-54(50)60(55)39-47)46-33-29-42(30-34-46)48-22-12-23-57-56-21-10-11-24-61(56)64-62(48)57/h1-27,29-40,52-53H,28H2. The van der Waals surface area contributed by atoms with Gasteiger partial charge in [0.05, 0.1) is 0 Å². The maximum absolute atomic E-state index is 6.48. The molecule has 13 rings (SSSR count). The molecule has 0 aliphatic heterocycles. The third-order valence-corrected chi connectivity index (χ3v) is 14.0. The van der Waals surface area contributed by atoms with Crippen molar-refractivity contribution in [2.24, 2.45) is 5.92 Å². The molecule has 302 valence electrons. The van der Waals surface area contributed by atoms with Crippen LogP contribution in [-0.2, 0) is 0 Å². The quantitative estimate of drug-likeness (QED) is 0.155. The highest BCUT2D eigenvalue weighted by Crippen LogP contribution is 2.48. The maximum Gasteiger partial charge on any atom is 0.143 e. The lowest BCUT2D eigenvalue weighted by atomic mass is 9.70. The van der Waals surface area contributed by atoms with E-state index >= 15 is 0 Å². The summed E-state index contributed by atoms with van der Waals surface area (Å²) in [5.41, 5.74) is 14.3. The van der Waals surface area contributed by atoms with Crippen LogP contribution in [0.15, 0.2) is 235 Å². The predicted octanol–water partition coefficient (Wildman–Crippen LogP) is 16.9. The SMILES string of the molecule is C1=CC2C(c3ccccc3)=Cc3ccc(C4C=CC(N(c5ccc(-c6cccc7c6oc6ccccc67)cc5)c5ccc6c7ccccc7c7ccccc7c6c5)=CC4)cc3C2C=C1. The summed E-state index contributed by atoms with van der Waals surface area (Å²) in [6.07, 6.45) is 19.7. The van der Waals surface area contributed by atoms with Crippen LogP contribution in [0.4, 0.5) is 11.4 Å². The van der Waals surface area contributed by atoms with Gasteiger partial charge in [0.25, 0.3) is 0 Å². The lowest BCUT2D eigenvalue weighted by Crippen LogP contribution is -2.19. The van der Waals surface area contributed by atoms with Crippen molar-refractivity contribution in [2.45, 2.75) is 18.3 Å². The van der Waals surface area contributed by atoms with Crippen molar-refractivity contribution >= 4 is 77.3 Å². The number of rotatable bonds is 6. The summed E-state index contributed by atoms with van der Waals surface area (Å²) in [5, 5.41) is 9.92. The number of hydrogen-bond acceptors (Lipinski definition) is 2. The third kappa shape index (κ3) is 5.94. The number of anilines is 2. The van der Waals surface area contributed by atoms with Gasteiger partial charge in [-0.1, -0.05) is 194 Å². The second kappa shape index (κ2) is 14.9. The molecule has 2 heteroatoms. The van der Waals surface area contributed by atoms with Crippen molar-refractivity contribution in [3.05, 3.63) is 252 Å². The van der Waals surface area contributed by atoms with E-state index in [0.29, 0.717) is 11.8 Å². The molecule has 1 aromatic heterocycles. The Hall–Kier alpha value is -7.94. The molecule has 0 saturated heterocycles. The largest absolute Gasteiger partial charge is 0.455 e. The topological polar surface area (TPSA) is 16.4 Å². The van der Waals surface area contributed by atoms with Crippen molar-refractivity contribution in [3.63, 3.8) is 0 Å². The predicted molar refractivity (Wildman–Crippen MR) is 270 cm³/mol. The van der Waals surface area contributed by atoms with E-state index < -0.39 is 0 Å². The van der Waals surface area contributed by atoms with E-state index in [-0.39, 0.29) is 5.92 Å². The molecule has 3 aliphatic rings. The van der Waals surface area contributed by atoms with Gasteiger partial charge in [0.2, 0.25) is 0 Å². The average molecular weight is 818 g/mol. The van der Waals surface area contributed by atoms with Crippen molar-refractivity contribution < 1.29 is 4.42 Å².